The van der Waals surface area contributed by atoms with Crippen LogP contribution >= 0.6 is 0 Å². The number of aliphatic carboxylic acids is 1. The van der Waals surface area contributed by atoms with Crippen molar-refractivity contribution in [3.05, 3.63) is 95.8 Å². The molecule has 0 bridgehead atoms. The van der Waals surface area contributed by atoms with Crippen LogP contribution < -0.4 is 32.3 Å². The van der Waals surface area contributed by atoms with Crippen molar-refractivity contribution in [1.29, 1.82) is 0 Å². The molecule has 1 aromatic heterocycles. The normalized spacial score (nSPS) is 13.9. The van der Waals surface area contributed by atoms with E-state index in [0.29, 0.717) is 11.3 Å². The summed E-state index contributed by atoms with van der Waals surface area (Å²) in [5, 5.41) is 31.5. The van der Waals surface area contributed by atoms with Gasteiger partial charge < -0.3 is 52.0 Å². The molecule has 1 aliphatic carbocycles. The van der Waals surface area contributed by atoms with Crippen LogP contribution in [0.25, 0.3) is 11.1 Å². The van der Waals surface area contributed by atoms with Crippen molar-refractivity contribution >= 4 is 53.0 Å². The third-order valence-corrected chi connectivity index (χ3v) is 10.7. The average molecular weight is 935 g/mol. The van der Waals surface area contributed by atoms with Crippen LogP contribution in [0.4, 0.5) is 8.78 Å². The number of aliphatic hydroxyl groups excluding tert-OH is 1. The van der Waals surface area contributed by atoms with Gasteiger partial charge in [0, 0.05) is 62.0 Å². The Morgan fingerprint density at radius 2 is 1.46 bits per heavy atom. The summed E-state index contributed by atoms with van der Waals surface area (Å²) >= 11 is 0. The lowest BCUT2D eigenvalue weighted by Crippen LogP contribution is -2.53. The maximum Gasteiger partial charge on any atom is 0.320 e. The molecule has 2 aromatic carbocycles. The predicted molar refractivity (Wildman–Crippen MR) is 237 cm³/mol. The number of nitrogens with one attached hydrogen (secondary N) is 5. The smallest absolute Gasteiger partial charge is 0.320 e. The van der Waals surface area contributed by atoms with E-state index in [0.717, 1.165) is 35.9 Å². The molecule has 0 saturated heterocycles. The van der Waals surface area contributed by atoms with Gasteiger partial charge in [0.25, 0.3) is 0 Å². The molecule has 21 heteroatoms. The number of halogens is 2. The van der Waals surface area contributed by atoms with Crippen molar-refractivity contribution < 1.29 is 62.1 Å². The number of aromatic nitrogens is 1. The number of amides is 6. The number of hydrogen-bond acceptors (Lipinski definition) is 11. The summed E-state index contributed by atoms with van der Waals surface area (Å²) in [6, 6.07) is 10.3. The van der Waals surface area contributed by atoms with E-state index >= 15 is 4.39 Å². The first-order valence-electron chi connectivity index (χ1n) is 21.4. The zero-order valence-corrected chi connectivity index (χ0v) is 37.3. The molecule has 9 N–H and O–H groups in total. The molecule has 19 nitrogen and oxygen atoms in total. The molecule has 4 rings (SSSR count). The largest absolute Gasteiger partial charge is 0.480 e. The summed E-state index contributed by atoms with van der Waals surface area (Å²) in [6.45, 7) is 2.88. The second kappa shape index (κ2) is 24.4. The lowest BCUT2D eigenvalue weighted by Gasteiger charge is -2.41. The van der Waals surface area contributed by atoms with E-state index in [1.807, 2.05) is 51.1 Å². The molecule has 360 valence electrons. The van der Waals surface area contributed by atoms with Crippen LogP contribution in [0.5, 0.6) is 0 Å². The summed E-state index contributed by atoms with van der Waals surface area (Å²) in [4.78, 5) is 114. The first-order chi connectivity index (χ1) is 31.7. The summed E-state index contributed by atoms with van der Waals surface area (Å²) in [5.74, 6) is -9.44. The van der Waals surface area contributed by atoms with Crippen LogP contribution in [0, 0.1) is 23.0 Å². The van der Waals surface area contributed by atoms with Crippen LogP contribution in [0.3, 0.4) is 0 Å². The minimum absolute atomic E-state index is 0.0377. The molecule has 3 aromatic rings. The molecule has 1 aliphatic rings. The summed E-state index contributed by atoms with van der Waals surface area (Å²) in [7, 11) is 0. The average Bonchev–Trinajstić information content (AvgIpc) is 3.83. The maximum absolute atomic E-state index is 15.2. The minimum Gasteiger partial charge on any atom is -0.480 e. The third-order valence-electron chi connectivity index (χ3n) is 10.7. The Morgan fingerprint density at radius 3 is 2.10 bits per heavy atom. The van der Waals surface area contributed by atoms with E-state index in [4.69, 9.17) is 10.8 Å². The second-order valence-electron chi connectivity index (χ2n) is 16.9. The zero-order valence-electron chi connectivity index (χ0n) is 37.3. The first-order valence-corrected chi connectivity index (χ1v) is 21.4. The highest BCUT2D eigenvalue weighted by atomic mass is 19.1. The molecule has 0 spiro atoms. The van der Waals surface area contributed by atoms with Crippen LogP contribution in [0.1, 0.15) is 63.8 Å². The number of ketones is 2. The number of allylic oxidation sites excluding steroid dienone is 2. The summed E-state index contributed by atoms with van der Waals surface area (Å²) in [5.41, 5.74) is 6.19. The summed E-state index contributed by atoms with van der Waals surface area (Å²) < 4.78 is 31.5. The van der Waals surface area contributed by atoms with Gasteiger partial charge in [-0.3, -0.25) is 43.2 Å². The molecule has 1 heterocycles. The number of carboxylic acid groups (broad SMARTS) is 1. The number of carbonyl (C=O) groups is 9. The van der Waals surface area contributed by atoms with Crippen LogP contribution in [0.2, 0.25) is 0 Å². The van der Waals surface area contributed by atoms with Crippen molar-refractivity contribution in [3.63, 3.8) is 0 Å². The highest BCUT2D eigenvalue weighted by Crippen LogP contribution is 2.41. The van der Waals surface area contributed by atoms with Crippen LogP contribution in [-0.4, -0.2) is 124 Å². The topological polar surface area (TPSA) is 288 Å². The molecule has 0 aliphatic heterocycles. The van der Waals surface area contributed by atoms with Gasteiger partial charge in [-0.2, -0.15) is 0 Å². The van der Waals surface area contributed by atoms with Gasteiger partial charge in [-0.05, 0) is 60.2 Å². The van der Waals surface area contributed by atoms with Gasteiger partial charge in [-0.25, -0.2) is 8.78 Å². The zero-order chi connectivity index (χ0) is 49.4. The van der Waals surface area contributed by atoms with E-state index in [2.05, 4.69) is 26.6 Å². The fourth-order valence-corrected chi connectivity index (χ4v) is 7.31. The number of rotatable bonds is 24. The van der Waals surface area contributed by atoms with E-state index in [1.165, 1.54) is 4.90 Å². The highest BCUT2D eigenvalue weighted by molar-refractivity contribution is 6.20. The highest BCUT2D eigenvalue weighted by Gasteiger charge is 2.38. The lowest BCUT2D eigenvalue weighted by molar-refractivity contribution is -0.140. The molecule has 3 atom stereocenters. The Kier molecular flexibility index (Phi) is 19.1. The fourth-order valence-electron chi connectivity index (χ4n) is 7.31. The van der Waals surface area contributed by atoms with Crippen molar-refractivity contribution in [1.82, 2.24) is 36.1 Å². The minimum atomic E-state index is -1.41. The molecular weight excluding hydrogens is 879 g/mol. The number of nitrogens with zero attached hydrogens (tertiary/aromatic N) is 2. The Morgan fingerprint density at radius 1 is 0.821 bits per heavy atom. The van der Waals surface area contributed by atoms with Gasteiger partial charge in [-0.1, -0.05) is 51.1 Å². The SMILES string of the molecule is CC(C)(C)[C@H](c1cc(-c2cc(F)ccc2F)cn1Cc1ccccc1)N(CC[C@H](NC(=O)CNC(=O)CNC(=O)CC1C(=O)C=CC1=O)C(=O)NCCNC(=O)CC[C@H](N)C(=O)O)C(=O)CO. The van der Waals surface area contributed by atoms with Crippen molar-refractivity contribution in [2.45, 2.75) is 71.1 Å². The van der Waals surface area contributed by atoms with E-state index in [9.17, 15) is 52.6 Å². The molecule has 67 heavy (non-hydrogen) atoms. The van der Waals surface area contributed by atoms with Crippen molar-refractivity contribution in [2.24, 2.45) is 17.1 Å². The predicted octanol–water partition coefficient (Wildman–Crippen LogP) is 0.636. The standard InChI is InChI=1S/C46H56F2N8O11/c1-46(2,3)43(35-19-28(30-20-29(47)9-10-32(30)48)25-55(35)24-27-7-5-4-6-8-27)56(42(64)26-57)18-15-34(44(65)51-17-16-50-38(60)14-11-33(49)45(66)67)54-41(63)23-53-40(62)22-52-39(61)21-31-36(58)12-13-37(31)59/h4-10,12-13,19-20,25,31,33-34,43,57H,11,14-18,21-24,26,49H2,1-3H3,(H,50,60)(H,51,65)(H,52,61)(H,53,62)(H,54,63)(H,66,67)/t33-,34-,43-/m0/s1. The third kappa shape index (κ3) is 15.8. The van der Waals surface area contributed by atoms with Crippen molar-refractivity contribution in [2.75, 3.05) is 39.3 Å². The molecule has 6 amide bonds. The molecule has 0 saturated carbocycles. The van der Waals surface area contributed by atoms with Crippen LogP contribution in [0.15, 0.2) is 72.9 Å². The van der Waals surface area contributed by atoms with Gasteiger partial charge >= 0.3 is 5.97 Å². The Bertz CT molecular complexity index is 2330. The Balaban J connectivity index is 1.56. The van der Waals surface area contributed by atoms with E-state index in [1.54, 1.807) is 16.8 Å². The maximum atomic E-state index is 15.2. The van der Waals surface area contributed by atoms with Gasteiger partial charge in [0.15, 0.2) is 11.6 Å². The van der Waals surface area contributed by atoms with Crippen LogP contribution in [-0.2, 0) is 49.7 Å². The molecule has 0 radical (unpaired) electrons. The fraction of sp³-hybridized carbons (Fsp3) is 0.413. The lowest BCUT2D eigenvalue weighted by atomic mass is 9.82. The second-order valence-corrected chi connectivity index (χ2v) is 16.9. The number of carbonyl (C=O) groups excluding carboxylic acids is 8. The molecule has 0 fully saturated rings. The number of benzene rings is 2. The molecular formula is C46H56F2N8O11. The number of nitrogens with two attached hydrogens (primary N) is 1. The number of aliphatic hydroxyl groups is 1. The van der Waals surface area contributed by atoms with Crippen molar-refractivity contribution in [3.8, 4) is 11.1 Å². The quantitative estimate of drug-likeness (QED) is 0.0454. The Labute approximate surface area is 384 Å². The van der Waals surface area contributed by atoms with Gasteiger partial charge in [0.1, 0.15) is 30.3 Å². The monoisotopic (exact) mass is 934 g/mol. The number of carboxylic acids is 1. The number of hydrogen-bond donors (Lipinski definition) is 8. The van der Waals surface area contributed by atoms with Gasteiger partial charge in [0.05, 0.1) is 25.0 Å². The first kappa shape index (κ1) is 52.5. The van der Waals surface area contributed by atoms with E-state index in [-0.39, 0.29) is 51.0 Å². The Hall–Kier alpha value is -7.13. The summed E-state index contributed by atoms with van der Waals surface area (Å²) in [6.07, 6.45) is 2.66. The van der Waals surface area contributed by atoms with Gasteiger partial charge in [0.2, 0.25) is 35.4 Å². The molecule has 0 unspecified atom stereocenters. The van der Waals surface area contributed by atoms with E-state index < -0.39 is 120 Å². The van der Waals surface area contributed by atoms with Gasteiger partial charge in [-0.15, -0.1) is 0 Å².